The third-order valence-corrected chi connectivity index (χ3v) is 3.26. The summed E-state index contributed by atoms with van der Waals surface area (Å²) in [6.07, 6.45) is 1.99. The van der Waals surface area contributed by atoms with Crippen molar-refractivity contribution in [3.05, 3.63) is 35.6 Å². The molecular formula is C15H24FNO. The summed E-state index contributed by atoms with van der Waals surface area (Å²) in [5.74, 6) is -0.192. The molecule has 0 amide bonds. The molecule has 0 bridgehead atoms. The van der Waals surface area contributed by atoms with Crippen LogP contribution in [0.1, 0.15) is 45.2 Å². The number of aliphatic hydroxyl groups is 1. The summed E-state index contributed by atoms with van der Waals surface area (Å²) in [5, 5.41) is 12.5. The Morgan fingerprint density at radius 3 is 2.72 bits per heavy atom. The predicted octanol–water partition coefficient (Wildman–Crippen LogP) is 3.28. The molecule has 0 aliphatic heterocycles. The fourth-order valence-corrected chi connectivity index (χ4v) is 1.86. The van der Waals surface area contributed by atoms with Gasteiger partial charge in [0.15, 0.2) is 0 Å². The Morgan fingerprint density at radius 1 is 1.39 bits per heavy atom. The maximum atomic E-state index is 13.1. The van der Waals surface area contributed by atoms with E-state index in [-0.39, 0.29) is 23.9 Å². The number of hydrogen-bond donors (Lipinski definition) is 2. The molecule has 0 aliphatic rings. The Bertz CT molecular complexity index is 365. The summed E-state index contributed by atoms with van der Waals surface area (Å²) in [4.78, 5) is 0. The summed E-state index contributed by atoms with van der Waals surface area (Å²) in [5.41, 5.74) is 0.959. The lowest BCUT2D eigenvalue weighted by molar-refractivity contribution is 0.147. The van der Waals surface area contributed by atoms with Crippen molar-refractivity contribution >= 4 is 0 Å². The number of rotatable bonds is 7. The van der Waals surface area contributed by atoms with Crippen LogP contribution in [0.5, 0.6) is 0 Å². The van der Waals surface area contributed by atoms with Gasteiger partial charge in [-0.25, -0.2) is 4.39 Å². The van der Waals surface area contributed by atoms with Crippen molar-refractivity contribution in [2.75, 3.05) is 13.2 Å². The Kier molecular flexibility index (Phi) is 5.76. The van der Waals surface area contributed by atoms with Crippen LogP contribution in [0.25, 0.3) is 0 Å². The van der Waals surface area contributed by atoms with Crippen LogP contribution in [0, 0.1) is 11.2 Å². The first-order valence-electron chi connectivity index (χ1n) is 6.54. The molecule has 0 saturated heterocycles. The molecule has 0 aromatic heterocycles. The number of nitrogens with one attached hydrogen (secondary N) is 1. The van der Waals surface area contributed by atoms with Crippen molar-refractivity contribution in [3.8, 4) is 0 Å². The first-order valence-corrected chi connectivity index (χ1v) is 6.54. The van der Waals surface area contributed by atoms with Gasteiger partial charge < -0.3 is 10.4 Å². The van der Waals surface area contributed by atoms with E-state index in [1.807, 2.05) is 13.0 Å². The van der Waals surface area contributed by atoms with Crippen molar-refractivity contribution in [3.63, 3.8) is 0 Å². The summed E-state index contributed by atoms with van der Waals surface area (Å²) in [6.45, 7) is 7.24. The maximum Gasteiger partial charge on any atom is 0.123 e. The van der Waals surface area contributed by atoms with Crippen LogP contribution < -0.4 is 5.32 Å². The highest BCUT2D eigenvalue weighted by atomic mass is 19.1. The number of aliphatic hydroxyl groups excluding tert-OH is 1. The Morgan fingerprint density at radius 2 is 2.11 bits per heavy atom. The third kappa shape index (κ3) is 5.15. The highest BCUT2D eigenvalue weighted by Crippen LogP contribution is 2.21. The number of benzene rings is 1. The topological polar surface area (TPSA) is 32.3 Å². The molecule has 0 radical (unpaired) electrons. The van der Waals surface area contributed by atoms with Gasteiger partial charge in [-0.05, 0) is 49.4 Å². The average molecular weight is 253 g/mol. The highest BCUT2D eigenvalue weighted by Gasteiger charge is 2.15. The highest BCUT2D eigenvalue weighted by molar-refractivity contribution is 5.19. The van der Waals surface area contributed by atoms with E-state index in [9.17, 15) is 4.39 Å². The molecule has 0 aliphatic carbocycles. The Labute approximate surface area is 109 Å². The maximum absolute atomic E-state index is 13.1. The minimum Gasteiger partial charge on any atom is -0.396 e. The summed E-state index contributed by atoms with van der Waals surface area (Å²) >= 11 is 0. The standard InChI is InChI=1S/C15H24FNO/c1-12(13-6-4-7-14(16)10-13)17-9-5-8-15(2,3)11-18/h4,6-7,10,12,17-18H,5,8-9,11H2,1-3H3. The van der Waals surface area contributed by atoms with Gasteiger partial charge in [0.05, 0.1) is 0 Å². The van der Waals surface area contributed by atoms with Crippen LogP contribution in [0.4, 0.5) is 4.39 Å². The van der Waals surface area contributed by atoms with Gasteiger partial charge in [0.1, 0.15) is 5.82 Å². The predicted molar refractivity (Wildman–Crippen MR) is 72.9 cm³/mol. The largest absolute Gasteiger partial charge is 0.396 e. The zero-order chi connectivity index (χ0) is 13.6. The molecule has 2 nitrogen and oxygen atoms in total. The molecule has 1 aromatic rings. The van der Waals surface area contributed by atoms with E-state index in [2.05, 4.69) is 19.2 Å². The second-order valence-corrected chi connectivity index (χ2v) is 5.66. The minimum absolute atomic E-state index is 0.0101. The zero-order valence-electron chi connectivity index (χ0n) is 11.5. The summed E-state index contributed by atoms with van der Waals surface area (Å²) < 4.78 is 13.1. The van der Waals surface area contributed by atoms with Crippen molar-refractivity contribution < 1.29 is 9.50 Å². The molecule has 1 atom stereocenters. The number of hydrogen-bond acceptors (Lipinski definition) is 2. The third-order valence-electron chi connectivity index (χ3n) is 3.26. The zero-order valence-corrected chi connectivity index (χ0v) is 11.5. The van der Waals surface area contributed by atoms with Gasteiger partial charge in [0.25, 0.3) is 0 Å². The van der Waals surface area contributed by atoms with Crippen molar-refractivity contribution in [1.29, 1.82) is 0 Å². The molecular weight excluding hydrogens is 229 g/mol. The second kappa shape index (κ2) is 6.86. The van der Waals surface area contributed by atoms with Gasteiger partial charge in [-0.3, -0.25) is 0 Å². The molecule has 2 N–H and O–H groups in total. The normalized spacial score (nSPS) is 13.6. The van der Waals surface area contributed by atoms with E-state index in [1.54, 1.807) is 12.1 Å². The van der Waals surface area contributed by atoms with Crippen LogP contribution in [0.15, 0.2) is 24.3 Å². The fraction of sp³-hybridized carbons (Fsp3) is 0.600. The van der Waals surface area contributed by atoms with Gasteiger partial charge in [-0.15, -0.1) is 0 Å². The van der Waals surface area contributed by atoms with Crippen molar-refractivity contribution in [2.45, 2.75) is 39.7 Å². The lowest BCUT2D eigenvalue weighted by Gasteiger charge is -2.22. The molecule has 0 fully saturated rings. The van der Waals surface area contributed by atoms with Gasteiger partial charge in [-0.2, -0.15) is 0 Å². The molecule has 3 heteroatoms. The molecule has 18 heavy (non-hydrogen) atoms. The molecule has 1 rings (SSSR count). The molecule has 1 unspecified atom stereocenters. The summed E-state index contributed by atoms with van der Waals surface area (Å²) in [6, 6.07) is 6.84. The molecule has 1 aromatic carbocycles. The average Bonchev–Trinajstić information content (AvgIpc) is 2.34. The van der Waals surface area contributed by atoms with Crippen LogP contribution in [0.2, 0.25) is 0 Å². The Balaban J connectivity index is 2.32. The van der Waals surface area contributed by atoms with E-state index in [1.165, 1.54) is 6.07 Å². The van der Waals surface area contributed by atoms with Gasteiger partial charge >= 0.3 is 0 Å². The van der Waals surface area contributed by atoms with E-state index >= 15 is 0 Å². The SMILES string of the molecule is CC(NCCCC(C)(C)CO)c1cccc(F)c1. The van der Waals surface area contributed by atoms with Gasteiger partial charge in [0.2, 0.25) is 0 Å². The van der Waals surface area contributed by atoms with Crippen LogP contribution in [0.3, 0.4) is 0 Å². The summed E-state index contributed by atoms with van der Waals surface area (Å²) in [7, 11) is 0. The molecule has 0 heterocycles. The van der Waals surface area contributed by atoms with E-state index < -0.39 is 0 Å². The lowest BCUT2D eigenvalue weighted by Crippen LogP contribution is -2.23. The lowest BCUT2D eigenvalue weighted by atomic mass is 9.89. The van der Waals surface area contributed by atoms with E-state index in [0.717, 1.165) is 24.9 Å². The van der Waals surface area contributed by atoms with Gasteiger partial charge in [0, 0.05) is 12.6 Å². The van der Waals surface area contributed by atoms with E-state index in [4.69, 9.17) is 5.11 Å². The molecule has 102 valence electrons. The quantitative estimate of drug-likeness (QED) is 0.731. The second-order valence-electron chi connectivity index (χ2n) is 5.66. The van der Waals surface area contributed by atoms with Crippen molar-refractivity contribution in [1.82, 2.24) is 5.32 Å². The number of halogens is 1. The minimum atomic E-state index is -0.192. The monoisotopic (exact) mass is 253 g/mol. The Hall–Kier alpha value is -0.930. The first kappa shape index (κ1) is 15.1. The smallest absolute Gasteiger partial charge is 0.123 e. The molecule has 0 saturated carbocycles. The molecule has 0 spiro atoms. The fourth-order valence-electron chi connectivity index (χ4n) is 1.86. The van der Waals surface area contributed by atoms with Gasteiger partial charge in [-0.1, -0.05) is 26.0 Å². The van der Waals surface area contributed by atoms with Crippen molar-refractivity contribution in [2.24, 2.45) is 5.41 Å². The van der Waals surface area contributed by atoms with Crippen LogP contribution >= 0.6 is 0 Å². The van der Waals surface area contributed by atoms with E-state index in [0.29, 0.717) is 0 Å². The first-order chi connectivity index (χ1) is 8.44. The van der Waals surface area contributed by atoms with Crippen LogP contribution in [-0.2, 0) is 0 Å². The van der Waals surface area contributed by atoms with Crippen LogP contribution in [-0.4, -0.2) is 18.3 Å².